The topological polar surface area (TPSA) is 70.8 Å². The molecule has 2 aliphatic rings. The molecule has 7 heteroatoms. The van der Waals surface area contributed by atoms with E-state index in [0.29, 0.717) is 23.7 Å². The monoisotopic (exact) mass is 442 g/mol. The van der Waals surface area contributed by atoms with Gasteiger partial charge in [0.2, 0.25) is 5.91 Å². The number of carbonyl (C=O) groups excluding carboxylic acids is 1. The number of anilines is 1. The predicted octanol–water partition coefficient (Wildman–Crippen LogP) is 4.70. The lowest BCUT2D eigenvalue weighted by Gasteiger charge is -2.44. The number of hydrogen-bond acceptors (Lipinski definition) is 6. The van der Waals surface area contributed by atoms with Crippen LogP contribution in [0.2, 0.25) is 0 Å². The summed E-state index contributed by atoms with van der Waals surface area (Å²) in [6.45, 7) is 11.4. The molecule has 176 valence electrons. The number of fused-ring (bicyclic) bond motifs is 1. The minimum Gasteiger partial charge on any atom is -0.491 e. The third-order valence-corrected chi connectivity index (χ3v) is 6.83. The number of ether oxygens (including phenoxy) is 1. The van der Waals surface area contributed by atoms with Crippen LogP contribution in [0.25, 0.3) is 11.1 Å². The van der Waals surface area contributed by atoms with Crippen molar-refractivity contribution < 1.29 is 13.9 Å². The molecule has 2 fully saturated rings. The molecule has 2 saturated heterocycles. The SMILES string of the molecule is CC(C)Oc1ccc2nc(N3CCCC[C@H]3C(=O)NC(C)N3[C@H](C)CCC[C@@H]3C)oc2c1. The van der Waals surface area contributed by atoms with Crippen LogP contribution in [0, 0.1) is 0 Å². The van der Waals surface area contributed by atoms with Crippen LogP contribution in [0.4, 0.5) is 6.01 Å². The predicted molar refractivity (Wildman–Crippen MR) is 127 cm³/mol. The Bertz CT molecular complexity index is 917. The molecule has 1 amide bonds. The van der Waals surface area contributed by atoms with E-state index in [-0.39, 0.29) is 24.2 Å². The van der Waals surface area contributed by atoms with Crippen LogP contribution < -0.4 is 15.0 Å². The first-order chi connectivity index (χ1) is 15.3. The summed E-state index contributed by atoms with van der Waals surface area (Å²) in [7, 11) is 0. The maximum atomic E-state index is 13.4. The molecule has 7 nitrogen and oxygen atoms in total. The molecule has 4 atom stereocenters. The van der Waals surface area contributed by atoms with Gasteiger partial charge in [0, 0.05) is 24.7 Å². The Morgan fingerprint density at radius 2 is 1.88 bits per heavy atom. The molecular formula is C25H38N4O3. The zero-order valence-corrected chi connectivity index (χ0v) is 20.1. The van der Waals surface area contributed by atoms with Crippen molar-refractivity contribution in [1.29, 1.82) is 0 Å². The summed E-state index contributed by atoms with van der Waals surface area (Å²) in [4.78, 5) is 22.6. The highest BCUT2D eigenvalue weighted by Crippen LogP contribution is 2.30. The number of hydrogen-bond donors (Lipinski definition) is 1. The van der Waals surface area contributed by atoms with E-state index in [1.54, 1.807) is 0 Å². The lowest BCUT2D eigenvalue weighted by Crippen LogP contribution is -2.59. The number of carbonyl (C=O) groups is 1. The van der Waals surface area contributed by atoms with Crippen LogP contribution in [-0.2, 0) is 4.79 Å². The third kappa shape index (κ3) is 4.87. The van der Waals surface area contributed by atoms with Crippen molar-refractivity contribution in [2.45, 2.75) is 104 Å². The summed E-state index contributed by atoms with van der Waals surface area (Å²) in [5, 5.41) is 3.30. The van der Waals surface area contributed by atoms with Gasteiger partial charge in [-0.3, -0.25) is 9.69 Å². The number of rotatable bonds is 6. The molecule has 2 aromatic rings. The fraction of sp³-hybridized carbons (Fsp3) is 0.680. The van der Waals surface area contributed by atoms with Gasteiger partial charge in [0.1, 0.15) is 17.3 Å². The molecule has 1 aromatic carbocycles. The fourth-order valence-electron chi connectivity index (χ4n) is 5.38. The van der Waals surface area contributed by atoms with Crippen molar-refractivity contribution >= 4 is 23.0 Å². The van der Waals surface area contributed by atoms with Crippen molar-refractivity contribution in [2.24, 2.45) is 0 Å². The zero-order chi connectivity index (χ0) is 22.8. The molecule has 0 aliphatic carbocycles. The van der Waals surface area contributed by atoms with Crippen LogP contribution in [0.3, 0.4) is 0 Å². The first kappa shape index (κ1) is 22.9. The quantitative estimate of drug-likeness (QED) is 0.699. The Labute approximate surface area is 191 Å². The number of nitrogens with zero attached hydrogens (tertiary/aromatic N) is 3. The van der Waals surface area contributed by atoms with E-state index in [2.05, 4.69) is 31.0 Å². The number of amides is 1. The number of oxazole rings is 1. The molecule has 1 aromatic heterocycles. The van der Waals surface area contributed by atoms with E-state index in [0.717, 1.165) is 37.1 Å². The summed E-state index contributed by atoms with van der Waals surface area (Å²) >= 11 is 0. The summed E-state index contributed by atoms with van der Waals surface area (Å²) in [5.41, 5.74) is 1.47. The van der Waals surface area contributed by atoms with Crippen LogP contribution in [0.1, 0.15) is 73.1 Å². The largest absolute Gasteiger partial charge is 0.491 e. The van der Waals surface area contributed by atoms with Crippen LogP contribution in [0.5, 0.6) is 5.75 Å². The fourth-order valence-corrected chi connectivity index (χ4v) is 5.38. The van der Waals surface area contributed by atoms with Gasteiger partial charge in [-0.05, 0) is 78.9 Å². The molecule has 4 rings (SSSR count). The minimum absolute atomic E-state index is 0.0101. The normalized spacial score (nSPS) is 25.8. The van der Waals surface area contributed by atoms with Gasteiger partial charge < -0.3 is 19.4 Å². The standard InChI is InChI=1S/C25H38N4O3/c1-16(2)31-20-12-13-21-23(15-20)32-25(27-21)28-14-7-6-11-22(28)24(30)26-19(5)29-17(3)9-8-10-18(29)4/h12-13,15-19,22H,6-11,14H2,1-5H3,(H,26,30)/t17-,18+,19?,22-/m0/s1. The molecule has 1 N–H and O–H groups in total. The van der Waals surface area contributed by atoms with E-state index >= 15 is 0 Å². The van der Waals surface area contributed by atoms with E-state index in [9.17, 15) is 4.79 Å². The number of likely N-dealkylation sites (tertiary alicyclic amines) is 1. The van der Waals surface area contributed by atoms with Crippen molar-refractivity contribution in [3.63, 3.8) is 0 Å². The van der Waals surface area contributed by atoms with E-state index < -0.39 is 0 Å². The smallest absolute Gasteiger partial charge is 0.299 e. The van der Waals surface area contributed by atoms with Gasteiger partial charge in [-0.15, -0.1) is 0 Å². The highest BCUT2D eigenvalue weighted by Gasteiger charge is 2.35. The van der Waals surface area contributed by atoms with E-state index in [1.165, 1.54) is 19.3 Å². The van der Waals surface area contributed by atoms with Crippen molar-refractivity contribution in [3.8, 4) is 5.75 Å². The van der Waals surface area contributed by atoms with Crippen molar-refractivity contribution in [1.82, 2.24) is 15.2 Å². The molecule has 3 heterocycles. The Balaban J connectivity index is 1.50. The second kappa shape index (κ2) is 9.69. The molecule has 0 spiro atoms. The van der Waals surface area contributed by atoms with E-state index in [1.807, 2.05) is 36.9 Å². The Morgan fingerprint density at radius 1 is 1.12 bits per heavy atom. The highest BCUT2D eigenvalue weighted by atomic mass is 16.5. The highest BCUT2D eigenvalue weighted by molar-refractivity contribution is 5.85. The summed E-state index contributed by atoms with van der Waals surface area (Å²) in [6, 6.07) is 6.94. The second-order valence-electron chi connectivity index (χ2n) is 9.76. The van der Waals surface area contributed by atoms with E-state index in [4.69, 9.17) is 14.1 Å². The Hall–Kier alpha value is -2.28. The van der Waals surface area contributed by atoms with Crippen LogP contribution in [-0.4, -0.2) is 52.7 Å². The van der Waals surface area contributed by atoms with Gasteiger partial charge in [0.05, 0.1) is 12.3 Å². The summed E-state index contributed by atoms with van der Waals surface area (Å²) in [6.07, 6.45) is 6.61. The van der Waals surface area contributed by atoms with Gasteiger partial charge in [0.25, 0.3) is 6.01 Å². The number of aromatic nitrogens is 1. The maximum Gasteiger partial charge on any atom is 0.299 e. The third-order valence-electron chi connectivity index (χ3n) is 6.83. The van der Waals surface area contributed by atoms with Crippen molar-refractivity contribution in [3.05, 3.63) is 18.2 Å². The van der Waals surface area contributed by atoms with Gasteiger partial charge in [-0.1, -0.05) is 6.42 Å². The summed E-state index contributed by atoms with van der Waals surface area (Å²) in [5.74, 6) is 0.829. The first-order valence-corrected chi connectivity index (χ1v) is 12.2. The van der Waals surface area contributed by atoms with Crippen LogP contribution in [0.15, 0.2) is 22.6 Å². The van der Waals surface area contributed by atoms with Gasteiger partial charge in [-0.25, -0.2) is 0 Å². The molecule has 2 aliphatic heterocycles. The van der Waals surface area contributed by atoms with Gasteiger partial charge >= 0.3 is 0 Å². The molecule has 1 unspecified atom stereocenters. The number of nitrogens with one attached hydrogen (secondary N) is 1. The van der Waals surface area contributed by atoms with Crippen LogP contribution >= 0.6 is 0 Å². The summed E-state index contributed by atoms with van der Waals surface area (Å²) < 4.78 is 11.9. The average Bonchev–Trinajstić information content (AvgIpc) is 3.16. The van der Waals surface area contributed by atoms with Gasteiger partial charge in [0.15, 0.2) is 5.58 Å². The number of benzene rings is 1. The van der Waals surface area contributed by atoms with Crippen molar-refractivity contribution in [2.75, 3.05) is 11.4 Å². The molecular weight excluding hydrogens is 404 g/mol. The molecule has 0 saturated carbocycles. The lowest BCUT2D eigenvalue weighted by molar-refractivity contribution is -0.125. The molecule has 32 heavy (non-hydrogen) atoms. The minimum atomic E-state index is -0.263. The number of piperidine rings is 2. The Kier molecular flexibility index (Phi) is 6.93. The molecule has 0 radical (unpaired) electrons. The Morgan fingerprint density at radius 3 is 2.59 bits per heavy atom. The second-order valence-corrected chi connectivity index (χ2v) is 9.76. The first-order valence-electron chi connectivity index (χ1n) is 12.2. The van der Waals surface area contributed by atoms with Gasteiger partial charge in [-0.2, -0.15) is 4.98 Å². The molecule has 0 bridgehead atoms. The maximum absolute atomic E-state index is 13.4. The average molecular weight is 443 g/mol. The lowest BCUT2D eigenvalue weighted by atomic mass is 9.96. The zero-order valence-electron chi connectivity index (χ0n) is 20.1.